The summed E-state index contributed by atoms with van der Waals surface area (Å²) >= 11 is 0. The number of nitriles is 1. The van der Waals surface area contributed by atoms with Crippen LogP contribution in [-0.4, -0.2) is 18.6 Å². The third kappa shape index (κ3) is 3.74. The number of carbonyl (C=O) groups is 1. The summed E-state index contributed by atoms with van der Waals surface area (Å²) < 4.78 is 5.19. The van der Waals surface area contributed by atoms with Gasteiger partial charge in [-0.3, -0.25) is 4.79 Å². The Kier molecular flexibility index (Phi) is 4.92. The zero-order valence-electron chi connectivity index (χ0n) is 9.64. The summed E-state index contributed by atoms with van der Waals surface area (Å²) in [5, 5.41) is 11.5. The van der Waals surface area contributed by atoms with Crippen LogP contribution < -0.4 is 5.32 Å². The molecule has 0 aromatic heterocycles. The van der Waals surface area contributed by atoms with E-state index in [1.807, 2.05) is 6.07 Å². The molecule has 1 aromatic rings. The zero-order valence-corrected chi connectivity index (χ0v) is 9.64. The van der Waals surface area contributed by atoms with E-state index < -0.39 is 6.10 Å². The van der Waals surface area contributed by atoms with E-state index in [1.54, 1.807) is 37.3 Å². The molecule has 0 saturated heterocycles. The Morgan fingerprint density at radius 1 is 1.65 bits per heavy atom. The van der Waals surface area contributed by atoms with E-state index in [1.165, 1.54) is 0 Å². The molecule has 0 heterocycles. The minimum Gasteiger partial charge on any atom is -0.365 e. The van der Waals surface area contributed by atoms with Crippen LogP contribution >= 0.6 is 0 Å². The topological polar surface area (TPSA) is 62.1 Å². The highest BCUT2D eigenvalue weighted by Crippen LogP contribution is 2.14. The predicted molar refractivity (Wildman–Crippen MR) is 65.4 cm³/mol. The van der Waals surface area contributed by atoms with Crippen molar-refractivity contribution in [1.29, 1.82) is 5.26 Å². The van der Waals surface area contributed by atoms with Gasteiger partial charge in [-0.05, 0) is 19.1 Å². The molecule has 4 nitrogen and oxygen atoms in total. The lowest BCUT2D eigenvalue weighted by Gasteiger charge is -2.12. The van der Waals surface area contributed by atoms with Crippen LogP contribution in [0.1, 0.15) is 12.5 Å². The van der Waals surface area contributed by atoms with Gasteiger partial charge in [0.05, 0.1) is 17.9 Å². The van der Waals surface area contributed by atoms with Crippen molar-refractivity contribution in [3.8, 4) is 6.07 Å². The second kappa shape index (κ2) is 6.46. The SMILES string of the molecule is C=CCOC(C)C(=O)Nc1ccccc1C#N. The lowest BCUT2D eigenvalue weighted by molar-refractivity contribution is -0.125. The summed E-state index contributed by atoms with van der Waals surface area (Å²) in [4.78, 5) is 11.7. The lowest BCUT2D eigenvalue weighted by atomic mass is 10.2. The first kappa shape index (κ1) is 12.9. The molecule has 0 spiro atoms. The number of carbonyl (C=O) groups excluding carboxylic acids is 1. The van der Waals surface area contributed by atoms with Crippen LogP contribution in [0.2, 0.25) is 0 Å². The second-order valence-electron chi connectivity index (χ2n) is 3.41. The maximum absolute atomic E-state index is 11.7. The van der Waals surface area contributed by atoms with Gasteiger partial charge >= 0.3 is 0 Å². The Hall–Kier alpha value is -2.12. The monoisotopic (exact) mass is 230 g/mol. The van der Waals surface area contributed by atoms with Crippen LogP contribution in [0, 0.1) is 11.3 Å². The number of anilines is 1. The Morgan fingerprint density at radius 3 is 3.00 bits per heavy atom. The third-order valence-corrected chi connectivity index (χ3v) is 2.14. The molecule has 1 unspecified atom stereocenters. The molecule has 88 valence electrons. The fourth-order valence-corrected chi connectivity index (χ4v) is 1.21. The second-order valence-corrected chi connectivity index (χ2v) is 3.41. The number of rotatable bonds is 5. The highest BCUT2D eigenvalue weighted by Gasteiger charge is 2.14. The van der Waals surface area contributed by atoms with Gasteiger partial charge in [-0.15, -0.1) is 6.58 Å². The first-order valence-corrected chi connectivity index (χ1v) is 5.21. The highest BCUT2D eigenvalue weighted by atomic mass is 16.5. The van der Waals surface area contributed by atoms with Gasteiger partial charge in [-0.1, -0.05) is 18.2 Å². The van der Waals surface area contributed by atoms with E-state index in [4.69, 9.17) is 10.00 Å². The maximum atomic E-state index is 11.7. The minimum atomic E-state index is -0.584. The van der Waals surface area contributed by atoms with E-state index in [0.29, 0.717) is 17.9 Å². The molecule has 0 bridgehead atoms. The van der Waals surface area contributed by atoms with Gasteiger partial charge in [0.25, 0.3) is 5.91 Å². The van der Waals surface area contributed by atoms with E-state index in [9.17, 15) is 4.79 Å². The summed E-state index contributed by atoms with van der Waals surface area (Å²) in [5.41, 5.74) is 0.922. The number of hydrogen-bond acceptors (Lipinski definition) is 3. The van der Waals surface area contributed by atoms with E-state index in [0.717, 1.165) is 0 Å². The van der Waals surface area contributed by atoms with E-state index >= 15 is 0 Å². The fourth-order valence-electron chi connectivity index (χ4n) is 1.21. The van der Waals surface area contributed by atoms with Crippen molar-refractivity contribution in [3.63, 3.8) is 0 Å². The Labute approximate surface area is 101 Å². The Bertz CT molecular complexity index is 449. The summed E-state index contributed by atoms with van der Waals surface area (Å²) in [6.45, 7) is 5.46. The summed E-state index contributed by atoms with van der Waals surface area (Å²) in [7, 11) is 0. The number of hydrogen-bond donors (Lipinski definition) is 1. The van der Waals surface area contributed by atoms with Crippen molar-refractivity contribution in [2.75, 3.05) is 11.9 Å². The lowest BCUT2D eigenvalue weighted by Crippen LogP contribution is -2.28. The summed E-state index contributed by atoms with van der Waals surface area (Å²) in [5.74, 6) is -0.283. The first-order chi connectivity index (χ1) is 8.19. The van der Waals surface area contributed by atoms with Gasteiger partial charge in [0.2, 0.25) is 0 Å². The number of nitrogens with zero attached hydrogens (tertiary/aromatic N) is 1. The van der Waals surface area contributed by atoms with Crippen LogP contribution in [0.15, 0.2) is 36.9 Å². The summed E-state index contributed by atoms with van der Waals surface area (Å²) in [6, 6.07) is 8.83. The van der Waals surface area contributed by atoms with Crippen molar-refractivity contribution >= 4 is 11.6 Å². The van der Waals surface area contributed by atoms with Gasteiger partial charge in [0.1, 0.15) is 12.2 Å². The molecule has 0 aliphatic rings. The molecular formula is C13H14N2O2. The smallest absolute Gasteiger partial charge is 0.253 e. The predicted octanol–water partition coefficient (Wildman–Crippen LogP) is 2.09. The van der Waals surface area contributed by atoms with Crippen molar-refractivity contribution in [2.24, 2.45) is 0 Å². The van der Waals surface area contributed by atoms with Crippen molar-refractivity contribution < 1.29 is 9.53 Å². The standard InChI is InChI=1S/C13H14N2O2/c1-3-8-17-10(2)13(16)15-12-7-5-4-6-11(12)9-14/h3-7,10H,1,8H2,2H3,(H,15,16). The summed E-state index contributed by atoms with van der Waals surface area (Å²) in [6.07, 6.45) is 0.993. The van der Waals surface area contributed by atoms with Gasteiger partial charge in [0, 0.05) is 0 Å². The molecule has 4 heteroatoms. The maximum Gasteiger partial charge on any atom is 0.253 e. The molecule has 0 radical (unpaired) electrons. The molecule has 1 atom stereocenters. The van der Waals surface area contributed by atoms with Gasteiger partial charge in [-0.25, -0.2) is 0 Å². The third-order valence-electron chi connectivity index (χ3n) is 2.14. The molecule has 0 fully saturated rings. The average Bonchev–Trinajstić information content (AvgIpc) is 2.36. The molecule has 1 N–H and O–H groups in total. The number of benzene rings is 1. The molecule has 0 aliphatic heterocycles. The fraction of sp³-hybridized carbons (Fsp3) is 0.231. The Balaban J connectivity index is 2.68. The van der Waals surface area contributed by atoms with Gasteiger partial charge in [0.15, 0.2) is 0 Å². The Morgan fingerprint density at radius 2 is 2.35 bits per heavy atom. The number of nitrogens with one attached hydrogen (secondary N) is 1. The number of ether oxygens (including phenoxy) is 1. The van der Waals surface area contributed by atoms with E-state index in [2.05, 4.69) is 11.9 Å². The quantitative estimate of drug-likeness (QED) is 0.788. The normalized spacial score (nSPS) is 11.3. The van der Waals surface area contributed by atoms with E-state index in [-0.39, 0.29) is 5.91 Å². The highest BCUT2D eigenvalue weighted by molar-refractivity contribution is 5.95. The molecule has 1 rings (SSSR count). The van der Waals surface area contributed by atoms with Crippen LogP contribution in [0.25, 0.3) is 0 Å². The van der Waals surface area contributed by atoms with Gasteiger partial charge < -0.3 is 10.1 Å². The first-order valence-electron chi connectivity index (χ1n) is 5.21. The number of amides is 1. The number of para-hydroxylation sites is 1. The van der Waals surface area contributed by atoms with Crippen molar-refractivity contribution in [3.05, 3.63) is 42.5 Å². The molecule has 0 aliphatic carbocycles. The molecule has 0 saturated carbocycles. The van der Waals surface area contributed by atoms with Crippen LogP contribution in [0.4, 0.5) is 5.69 Å². The molecule has 17 heavy (non-hydrogen) atoms. The van der Waals surface area contributed by atoms with Crippen molar-refractivity contribution in [1.82, 2.24) is 0 Å². The average molecular weight is 230 g/mol. The van der Waals surface area contributed by atoms with Crippen LogP contribution in [0.5, 0.6) is 0 Å². The van der Waals surface area contributed by atoms with Crippen molar-refractivity contribution in [2.45, 2.75) is 13.0 Å². The van der Waals surface area contributed by atoms with Gasteiger partial charge in [-0.2, -0.15) is 5.26 Å². The van der Waals surface area contributed by atoms with Crippen LogP contribution in [-0.2, 0) is 9.53 Å². The molecule has 1 amide bonds. The largest absolute Gasteiger partial charge is 0.365 e. The molecule has 1 aromatic carbocycles. The minimum absolute atomic E-state index is 0.283. The molecular weight excluding hydrogens is 216 g/mol. The zero-order chi connectivity index (χ0) is 12.7. The van der Waals surface area contributed by atoms with Crippen LogP contribution in [0.3, 0.4) is 0 Å².